The van der Waals surface area contributed by atoms with Crippen LogP contribution in [0.15, 0.2) is 30.3 Å². The fourth-order valence-electron chi connectivity index (χ4n) is 5.15. The number of carboxylic acid groups (broad SMARTS) is 1. The molecule has 4 rings (SSSR count). The summed E-state index contributed by atoms with van der Waals surface area (Å²) in [6.45, 7) is 8.21. The summed E-state index contributed by atoms with van der Waals surface area (Å²) in [5.74, 6) is -1.66. The first-order chi connectivity index (χ1) is 15.2. The maximum absolute atomic E-state index is 13.1. The van der Waals surface area contributed by atoms with Crippen molar-refractivity contribution >= 4 is 11.9 Å². The molecule has 0 bridgehead atoms. The molecule has 32 heavy (non-hydrogen) atoms. The average Bonchev–Trinajstić information content (AvgIpc) is 3.36. The molecular formula is C23H31F3N2O4. The molecule has 1 amide bonds. The predicted octanol–water partition coefficient (Wildman–Crippen LogP) is 3.53. The van der Waals surface area contributed by atoms with Crippen molar-refractivity contribution in [3.63, 3.8) is 0 Å². The van der Waals surface area contributed by atoms with Gasteiger partial charge in [0.25, 0.3) is 0 Å². The second-order valence-electron chi connectivity index (χ2n) is 8.81. The number of likely N-dealkylation sites (tertiary alicyclic amines) is 2. The number of hydrogen-bond donors (Lipinski definition) is 1. The van der Waals surface area contributed by atoms with Crippen LogP contribution in [0.4, 0.5) is 13.2 Å². The molecule has 3 fully saturated rings. The van der Waals surface area contributed by atoms with Crippen LogP contribution in [-0.2, 0) is 14.3 Å². The molecule has 6 nitrogen and oxygen atoms in total. The van der Waals surface area contributed by atoms with E-state index in [1.54, 1.807) is 0 Å². The largest absolute Gasteiger partial charge is 0.490 e. The molecular weight excluding hydrogens is 425 g/mol. The molecule has 0 radical (unpaired) electrons. The average molecular weight is 457 g/mol. The van der Waals surface area contributed by atoms with Crippen LogP contribution in [0, 0.1) is 5.92 Å². The Bertz CT molecular complexity index is 773. The summed E-state index contributed by atoms with van der Waals surface area (Å²) in [4.78, 5) is 26.8. The van der Waals surface area contributed by atoms with Crippen molar-refractivity contribution < 1.29 is 32.6 Å². The summed E-state index contributed by atoms with van der Waals surface area (Å²) in [6, 6.07) is 10.4. The Morgan fingerprint density at radius 1 is 1.22 bits per heavy atom. The Balaban J connectivity index is 0.000000360. The van der Waals surface area contributed by atoms with E-state index in [1.807, 2.05) is 6.07 Å². The van der Waals surface area contributed by atoms with Crippen LogP contribution < -0.4 is 0 Å². The van der Waals surface area contributed by atoms with E-state index in [2.05, 4.69) is 41.0 Å². The number of carbonyl (C=O) groups excluding carboxylic acids is 1. The minimum Gasteiger partial charge on any atom is -0.475 e. The van der Waals surface area contributed by atoms with Gasteiger partial charge in [-0.25, -0.2) is 4.79 Å². The predicted molar refractivity (Wildman–Crippen MR) is 112 cm³/mol. The van der Waals surface area contributed by atoms with E-state index in [-0.39, 0.29) is 11.5 Å². The number of alkyl halides is 3. The van der Waals surface area contributed by atoms with Crippen molar-refractivity contribution in [2.45, 2.75) is 50.2 Å². The monoisotopic (exact) mass is 456 g/mol. The number of piperidine rings is 1. The zero-order valence-corrected chi connectivity index (χ0v) is 18.3. The summed E-state index contributed by atoms with van der Waals surface area (Å²) in [5, 5.41) is 7.12. The van der Waals surface area contributed by atoms with Crippen molar-refractivity contribution in [2.24, 2.45) is 5.92 Å². The van der Waals surface area contributed by atoms with Gasteiger partial charge < -0.3 is 19.6 Å². The van der Waals surface area contributed by atoms with Crippen LogP contribution in [-0.4, -0.2) is 77.9 Å². The molecule has 1 aromatic carbocycles. The van der Waals surface area contributed by atoms with E-state index in [9.17, 15) is 18.0 Å². The van der Waals surface area contributed by atoms with Gasteiger partial charge >= 0.3 is 12.1 Å². The number of amides is 1. The van der Waals surface area contributed by atoms with E-state index in [4.69, 9.17) is 14.6 Å². The SMILES string of the molecule is CCN1C(=O)C(c2ccccc2)CC12CCN(CC1CCOC1)CC2.O=C(O)C(F)(F)F. The van der Waals surface area contributed by atoms with Gasteiger partial charge in [0.05, 0.1) is 12.5 Å². The van der Waals surface area contributed by atoms with Crippen LogP contribution in [0.25, 0.3) is 0 Å². The fourth-order valence-corrected chi connectivity index (χ4v) is 5.15. The molecule has 3 saturated heterocycles. The number of carboxylic acids is 1. The van der Waals surface area contributed by atoms with Crippen LogP contribution in [0.2, 0.25) is 0 Å². The number of nitrogens with zero attached hydrogens (tertiary/aromatic N) is 2. The molecule has 0 saturated carbocycles. The van der Waals surface area contributed by atoms with Crippen molar-refractivity contribution in [1.29, 1.82) is 0 Å². The van der Waals surface area contributed by atoms with Gasteiger partial charge in [-0.3, -0.25) is 4.79 Å². The molecule has 3 aliphatic heterocycles. The van der Waals surface area contributed by atoms with Crippen molar-refractivity contribution in [3.05, 3.63) is 35.9 Å². The first-order valence-electron chi connectivity index (χ1n) is 11.1. The van der Waals surface area contributed by atoms with Crippen LogP contribution in [0.5, 0.6) is 0 Å². The third-order valence-electron chi connectivity index (χ3n) is 6.81. The normalized spacial score (nSPS) is 25.6. The highest BCUT2D eigenvalue weighted by Gasteiger charge is 2.51. The number of carbonyl (C=O) groups is 2. The Hall–Kier alpha value is -2.13. The second-order valence-corrected chi connectivity index (χ2v) is 8.81. The van der Waals surface area contributed by atoms with Gasteiger partial charge in [0.2, 0.25) is 5.91 Å². The lowest BCUT2D eigenvalue weighted by molar-refractivity contribution is -0.192. The highest BCUT2D eigenvalue weighted by atomic mass is 19.4. The lowest BCUT2D eigenvalue weighted by Gasteiger charge is -2.45. The Morgan fingerprint density at radius 2 is 1.84 bits per heavy atom. The third kappa shape index (κ3) is 5.61. The van der Waals surface area contributed by atoms with Gasteiger partial charge in [-0.2, -0.15) is 13.2 Å². The topological polar surface area (TPSA) is 70.1 Å². The molecule has 3 aliphatic rings. The highest BCUT2D eigenvalue weighted by Crippen LogP contribution is 2.45. The Kier molecular flexibility index (Phi) is 7.82. The van der Waals surface area contributed by atoms with E-state index >= 15 is 0 Å². The molecule has 1 N–H and O–H groups in total. The second kappa shape index (κ2) is 10.2. The Labute approximate surface area is 186 Å². The molecule has 0 aliphatic carbocycles. The molecule has 2 atom stereocenters. The number of likely N-dealkylation sites (N-methyl/N-ethyl adjacent to an activating group) is 1. The van der Waals surface area contributed by atoms with E-state index in [0.29, 0.717) is 11.8 Å². The minimum absolute atomic E-state index is 0.0518. The zero-order chi connectivity index (χ0) is 23.4. The van der Waals surface area contributed by atoms with E-state index in [1.165, 1.54) is 12.0 Å². The van der Waals surface area contributed by atoms with Gasteiger partial charge in [0, 0.05) is 38.3 Å². The minimum atomic E-state index is -5.08. The van der Waals surface area contributed by atoms with Gasteiger partial charge in [-0.15, -0.1) is 0 Å². The summed E-state index contributed by atoms with van der Waals surface area (Å²) < 4.78 is 37.3. The maximum atomic E-state index is 13.1. The summed E-state index contributed by atoms with van der Waals surface area (Å²) >= 11 is 0. The highest BCUT2D eigenvalue weighted by molar-refractivity contribution is 5.87. The summed E-state index contributed by atoms with van der Waals surface area (Å²) in [5.41, 5.74) is 1.27. The van der Waals surface area contributed by atoms with Crippen molar-refractivity contribution in [3.8, 4) is 0 Å². The quantitative estimate of drug-likeness (QED) is 0.751. The zero-order valence-electron chi connectivity index (χ0n) is 18.3. The molecule has 1 aromatic rings. The van der Waals surface area contributed by atoms with Crippen LogP contribution in [0.3, 0.4) is 0 Å². The number of halogens is 3. The van der Waals surface area contributed by atoms with Gasteiger partial charge in [0.1, 0.15) is 0 Å². The number of benzene rings is 1. The molecule has 3 heterocycles. The number of aliphatic carboxylic acids is 1. The molecule has 9 heteroatoms. The lowest BCUT2D eigenvalue weighted by Crippen LogP contribution is -2.53. The maximum Gasteiger partial charge on any atom is 0.490 e. The standard InChI is InChI=1S/C21H30N2O2.C2HF3O2/c1-2-23-20(24)19(18-6-4-3-5-7-18)14-21(23)9-11-22(12-10-21)15-17-8-13-25-16-17;3-2(4,5)1(6)7/h3-7,17,19H,2,8-16H2,1H3;(H,6,7). The van der Waals surface area contributed by atoms with E-state index in [0.717, 1.165) is 58.7 Å². The van der Waals surface area contributed by atoms with Crippen LogP contribution in [0.1, 0.15) is 44.1 Å². The van der Waals surface area contributed by atoms with Crippen molar-refractivity contribution in [2.75, 3.05) is 39.4 Å². The number of rotatable bonds is 4. The third-order valence-corrected chi connectivity index (χ3v) is 6.81. The van der Waals surface area contributed by atoms with Crippen molar-refractivity contribution in [1.82, 2.24) is 9.80 Å². The number of ether oxygens (including phenoxy) is 1. The first-order valence-corrected chi connectivity index (χ1v) is 11.1. The van der Waals surface area contributed by atoms with Crippen LogP contribution >= 0.6 is 0 Å². The molecule has 0 aromatic heterocycles. The molecule has 1 spiro atoms. The molecule has 2 unspecified atom stereocenters. The van der Waals surface area contributed by atoms with Gasteiger partial charge in [0.15, 0.2) is 0 Å². The van der Waals surface area contributed by atoms with Gasteiger partial charge in [-0.05, 0) is 44.1 Å². The number of hydrogen-bond acceptors (Lipinski definition) is 4. The van der Waals surface area contributed by atoms with E-state index < -0.39 is 12.1 Å². The smallest absolute Gasteiger partial charge is 0.475 e. The molecule has 178 valence electrons. The first kappa shape index (κ1) is 24.5. The Morgan fingerprint density at radius 3 is 2.34 bits per heavy atom. The summed E-state index contributed by atoms with van der Waals surface area (Å²) in [6.07, 6.45) is -0.658. The van der Waals surface area contributed by atoms with Gasteiger partial charge in [-0.1, -0.05) is 30.3 Å². The fraction of sp³-hybridized carbons (Fsp3) is 0.652. The lowest BCUT2D eigenvalue weighted by atomic mass is 9.81. The summed E-state index contributed by atoms with van der Waals surface area (Å²) in [7, 11) is 0.